The van der Waals surface area contributed by atoms with E-state index >= 15 is 0 Å². The molecule has 0 aliphatic rings. The van der Waals surface area contributed by atoms with Crippen LogP contribution in [-0.2, 0) is 30.9 Å². The van der Waals surface area contributed by atoms with Crippen LogP contribution in [0.1, 0.15) is 18.2 Å². The summed E-state index contributed by atoms with van der Waals surface area (Å²) in [5.74, 6) is -3.66. The zero-order valence-electron chi connectivity index (χ0n) is 19.4. The summed E-state index contributed by atoms with van der Waals surface area (Å²) in [6.45, 7) is -0.0659. The van der Waals surface area contributed by atoms with Crippen molar-refractivity contribution in [2.24, 2.45) is 7.05 Å². The average Bonchev–Trinajstić information content (AvgIpc) is 3.41. The van der Waals surface area contributed by atoms with Gasteiger partial charge in [-0.1, -0.05) is 0 Å². The normalized spacial score (nSPS) is 12.3. The summed E-state index contributed by atoms with van der Waals surface area (Å²) in [7, 11) is 1.16. The van der Waals surface area contributed by atoms with Crippen LogP contribution in [0.2, 0.25) is 0 Å². The van der Waals surface area contributed by atoms with Crippen molar-refractivity contribution >= 4 is 34.2 Å². The Morgan fingerprint density at radius 1 is 1.16 bits per heavy atom. The molecule has 37 heavy (non-hydrogen) atoms. The molecule has 0 saturated heterocycles. The number of rotatable bonds is 6. The van der Waals surface area contributed by atoms with E-state index in [0.717, 1.165) is 40.8 Å². The third-order valence-electron chi connectivity index (χ3n) is 5.27. The molecule has 4 aromatic heterocycles. The van der Waals surface area contributed by atoms with E-state index in [-0.39, 0.29) is 32.8 Å². The average molecular weight is 543 g/mol. The lowest BCUT2D eigenvalue weighted by Gasteiger charge is -2.12. The quantitative estimate of drug-likeness (QED) is 0.374. The third kappa shape index (κ3) is 5.28. The number of imidazole rings is 1. The summed E-state index contributed by atoms with van der Waals surface area (Å²) in [6.07, 6.45) is -2.51. The number of aromatic nitrogens is 6. The van der Waals surface area contributed by atoms with Gasteiger partial charge >= 0.3 is 11.9 Å². The zero-order chi connectivity index (χ0) is 27.3. The number of hydrogen-bond acceptors (Lipinski definition) is 7. The molecule has 0 spiro atoms. The van der Waals surface area contributed by atoms with Crippen molar-refractivity contribution in [2.45, 2.75) is 39.0 Å². The highest BCUT2D eigenvalue weighted by Crippen LogP contribution is 2.32. The molecule has 0 radical (unpaired) electrons. The van der Waals surface area contributed by atoms with Crippen molar-refractivity contribution in [3.05, 3.63) is 56.1 Å². The second-order valence-electron chi connectivity index (χ2n) is 8.26. The first-order valence-electron chi connectivity index (χ1n) is 10.5. The zero-order valence-corrected chi connectivity index (χ0v) is 20.2. The predicted molar refractivity (Wildman–Crippen MR) is 124 cm³/mol. The summed E-state index contributed by atoms with van der Waals surface area (Å²) >= 11 is 1.12. The number of aryl methyl sites for hydroxylation is 2. The first-order chi connectivity index (χ1) is 17.2. The summed E-state index contributed by atoms with van der Waals surface area (Å²) in [5, 5.41) is 4.39. The van der Waals surface area contributed by atoms with Crippen LogP contribution in [0.15, 0.2) is 33.6 Å². The molecule has 1 amide bonds. The fraction of sp³-hybridized carbons (Fsp3) is 0.333. The number of alkyl halides is 5. The van der Waals surface area contributed by atoms with Gasteiger partial charge < -0.3 is 9.88 Å². The van der Waals surface area contributed by atoms with Gasteiger partial charge in [-0.25, -0.2) is 19.3 Å². The molecule has 0 aliphatic carbocycles. The highest BCUT2D eigenvalue weighted by atomic mass is 32.1. The van der Waals surface area contributed by atoms with Crippen LogP contribution >= 0.6 is 11.3 Å². The van der Waals surface area contributed by atoms with E-state index in [1.807, 2.05) is 0 Å². The predicted octanol–water partition coefficient (Wildman–Crippen LogP) is 3.04. The summed E-state index contributed by atoms with van der Waals surface area (Å²) in [6, 6.07) is 1.50. The van der Waals surface area contributed by atoms with E-state index in [4.69, 9.17) is 0 Å². The van der Waals surface area contributed by atoms with E-state index in [1.165, 1.54) is 24.6 Å². The van der Waals surface area contributed by atoms with Crippen LogP contribution < -0.4 is 16.6 Å². The summed E-state index contributed by atoms with van der Waals surface area (Å²) in [4.78, 5) is 49.4. The molecular weight excluding hydrogens is 525 g/mol. The second kappa shape index (κ2) is 9.17. The van der Waals surface area contributed by atoms with E-state index in [9.17, 15) is 36.3 Å². The number of pyridine rings is 1. The minimum absolute atomic E-state index is 0.0286. The molecule has 0 saturated carbocycles. The molecule has 0 aromatic carbocycles. The minimum Gasteiger partial charge on any atom is -0.315 e. The first-order valence-corrected chi connectivity index (χ1v) is 11.4. The lowest BCUT2D eigenvalue weighted by Crippen LogP contribution is -2.43. The molecule has 1 N–H and O–H groups in total. The Morgan fingerprint density at radius 2 is 1.86 bits per heavy atom. The molecule has 16 heteroatoms. The van der Waals surface area contributed by atoms with Gasteiger partial charge in [0.25, 0.3) is 11.5 Å². The highest BCUT2D eigenvalue weighted by molar-refractivity contribution is 7.13. The summed E-state index contributed by atoms with van der Waals surface area (Å²) in [5.41, 5.74) is -2.59. The fourth-order valence-corrected chi connectivity index (χ4v) is 4.45. The number of nitrogens with zero attached hydrogens (tertiary/aromatic N) is 6. The molecular formula is C21H18F5N7O3S. The number of halogens is 5. The maximum absolute atomic E-state index is 13.6. The van der Waals surface area contributed by atoms with Crippen molar-refractivity contribution < 1.29 is 26.7 Å². The Hall–Kier alpha value is -3.95. The van der Waals surface area contributed by atoms with Gasteiger partial charge in [-0.2, -0.15) is 22.0 Å². The van der Waals surface area contributed by atoms with Gasteiger partial charge in [0.15, 0.2) is 11.2 Å². The molecule has 0 atom stereocenters. The van der Waals surface area contributed by atoms with Crippen molar-refractivity contribution in [3.8, 4) is 10.6 Å². The minimum atomic E-state index is -4.82. The van der Waals surface area contributed by atoms with E-state index in [0.29, 0.717) is 10.6 Å². The van der Waals surface area contributed by atoms with Crippen LogP contribution in [0.4, 0.5) is 27.8 Å². The lowest BCUT2D eigenvalue weighted by molar-refractivity contribution is -0.142. The molecule has 4 rings (SSSR count). The summed E-state index contributed by atoms with van der Waals surface area (Å²) < 4.78 is 67.7. The van der Waals surface area contributed by atoms with Gasteiger partial charge in [0.1, 0.15) is 29.6 Å². The Morgan fingerprint density at radius 3 is 2.49 bits per heavy atom. The number of thiazole rings is 1. The number of hydrogen-bond donors (Lipinski definition) is 1. The van der Waals surface area contributed by atoms with E-state index in [2.05, 4.69) is 20.3 Å². The van der Waals surface area contributed by atoms with E-state index in [1.54, 1.807) is 0 Å². The maximum Gasteiger partial charge on any atom is 0.406 e. The second-order valence-corrected chi connectivity index (χ2v) is 9.11. The number of fused-ring (bicyclic) bond motifs is 1. The molecule has 0 aliphatic heterocycles. The molecule has 0 bridgehead atoms. The molecule has 10 nitrogen and oxygen atoms in total. The number of carbonyl (C=O) groups is 1. The smallest absolute Gasteiger partial charge is 0.315 e. The van der Waals surface area contributed by atoms with E-state index < -0.39 is 42.3 Å². The lowest BCUT2D eigenvalue weighted by atomic mass is 10.1. The largest absolute Gasteiger partial charge is 0.406 e. The monoisotopic (exact) mass is 543 g/mol. The van der Waals surface area contributed by atoms with Crippen molar-refractivity contribution in [1.29, 1.82) is 0 Å². The number of amides is 1. The molecule has 4 heterocycles. The molecule has 0 fully saturated rings. The topological polar surface area (TPSA) is 117 Å². The fourth-order valence-electron chi connectivity index (χ4n) is 3.71. The molecule has 4 aromatic rings. The van der Waals surface area contributed by atoms with Gasteiger partial charge in [-0.05, 0) is 18.6 Å². The SMILES string of the molecule is Cc1cc(-c2nc(NC(=O)Cn3cnc4c3c(=O)n(CC(F)(F)F)c(=O)n4C)cs2)cnc1C(C)(F)F. The van der Waals surface area contributed by atoms with Gasteiger partial charge in [-0.15, -0.1) is 11.3 Å². The van der Waals surface area contributed by atoms with Gasteiger partial charge in [0.05, 0.1) is 6.33 Å². The first kappa shape index (κ1) is 26.1. The van der Waals surface area contributed by atoms with Gasteiger partial charge in [0, 0.05) is 31.1 Å². The Balaban J connectivity index is 1.57. The maximum atomic E-state index is 13.6. The van der Waals surface area contributed by atoms with Crippen LogP contribution in [0, 0.1) is 6.92 Å². The van der Waals surface area contributed by atoms with Gasteiger partial charge in [0.2, 0.25) is 5.91 Å². The number of carbonyl (C=O) groups excluding carboxylic acids is 1. The number of anilines is 1. The Labute approximate surface area is 208 Å². The Bertz CT molecular complexity index is 1630. The molecule has 196 valence electrons. The van der Waals surface area contributed by atoms with Crippen molar-refractivity contribution in [3.63, 3.8) is 0 Å². The van der Waals surface area contributed by atoms with Crippen LogP contribution in [-0.4, -0.2) is 40.7 Å². The number of nitrogens with one attached hydrogen (secondary N) is 1. The van der Waals surface area contributed by atoms with Crippen LogP contribution in [0.3, 0.4) is 0 Å². The standard InChI is InChI=1S/C21H18F5N7O3S/c1-10-4-11(5-27-15(10)20(2,22)23)17-30-12(7-37-17)29-13(34)6-32-9-28-16-14(32)18(35)33(8-21(24,25)26)19(36)31(16)3/h4-5,7,9H,6,8H2,1-3H3,(H,29,34). The molecule has 0 unspecified atom stereocenters. The van der Waals surface area contributed by atoms with Crippen LogP contribution in [0.25, 0.3) is 21.7 Å². The van der Waals surface area contributed by atoms with Crippen molar-refractivity contribution in [1.82, 2.24) is 28.7 Å². The van der Waals surface area contributed by atoms with Crippen LogP contribution in [0.5, 0.6) is 0 Å². The van der Waals surface area contributed by atoms with Crippen molar-refractivity contribution in [2.75, 3.05) is 5.32 Å². The Kier molecular flexibility index (Phi) is 6.47. The third-order valence-corrected chi connectivity index (χ3v) is 6.16. The highest BCUT2D eigenvalue weighted by Gasteiger charge is 2.31. The van der Waals surface area contributed by atoms with Gasteiger partial charge in [-0.3, -0.25) is 19.1 Å².